The summed E-state index contributed by atoms with van der Waals surface area (Å²) in [7, 11) is 0. The number of hydrogen-bond donors (Lipinski definition) is 0. The highest BCUT2D eigenvalue weighted by atomic mass is 16.7. The molecule has 1 aliphatic carbocycles. The van der Waals surface area contributed by atoms with E-state index in [-0.39, 0.29) is 0 Å². The molecular weight excluding hydrogens is 564 g/mol. The van der Waals surface area contributed by atoms with Crippen molar-refractivity contribution in [1.82, 2.24) is 0 Å². The SMILES string of the molecule is Cc1cc(C2(c3cc(C)c(OC(=O)OC(C)(C)C)cc3C)c3ccccc3-c3ccccc32)c(C)cc1OC(=O)OC(C)(C)C. The minimum absolute atomic E-state index is 0.453. The van der Waals surface area contributed by atoms with Crippen molar-refractivity contribution >= 4 is 12.3 Å². The second-order valence-corrected chi connectivity index (χ2v) is 13.8. The van der Waals surface area contributed by atoms with Gasteiger partial charge in [0.15, 0.2) is 0 Å². The Labute approximate surface area is 266 Å². The lowest BCUT2D eigenvalue weighted by atomic mass is 9.65. The first-order valence-corrected chi connectivity index (χ1v) is 15.3. The Hall–Kier alpha value is -4.58. The number of carbonyl (C=O) groups is 2. The first-order chi connectivity index (χ1) is 21.0. The van der Waals surface area contributed by atoms with E-state index in [1.807, 2.05) is 81.4 Å². The van der Waals surface area contributed by atoms with Crippen LogP contribution in [-0.4, -0.2) is 23.5 Å². The molecule has 0 unspecified atom stereocenters. The second kappa shape index (κ2) is 11.4. The van der Waals surface area contributed by atoms with E-state index in [2.05, 4.69) is 60.7 Å². The third-order valence-corrected chi connectivity index (χ3v) is 7.97. The largest absolute Gasteiger partial charge is 0.514 e. The van der Waals surface area contributed by atoms with E-state index in [1.165, 1.54) is 0 Å². The van der Waals surface area contributed by atoms with Crippen molar-refractivity contribution in [3.05, 3.63) is 117 Å². The molecule has 4 aromatic carbocycles. The fraction of sp³-hybridized carbons (Fsp3) is 0.333. The van der Waals surface area contributed by atoms with Gasteiger partial charge in [-0.2, -0.15) is 0 Å². The van der Waals surface area contributed by atoms with Gasteiger partial charge < -0.3 is 18.9 Å². The minimum atomic E-state index is -0.740. The van der Waals surface area contributed by atoms with Crippen LogP contribution < -0.4 is 9.47 Å². The summed E-state index contributed by atoms with van der Waals surface area (Å²) in [6, 6.07) is 25.1. The molecule has 0 aliphatic heterocycles. The first-order valence-electron chi connectivity index (χ1n) is 15.3. The quantitative estimate of drug-likeness (QED) is 0.150. The highest BCUT2D eigenvalue weighted by Crippen LogP contribution is 2.58. The van der Waals surface area contributed by atoms with Gasteiger partial charge in [0.1, 0.15) is 22.7 Å². The van der Waals surface area contributed by atoms with Crippen LogP contribution in [0.2, 0.25) is 0 Å². The zero-order valence-electron chi connectivity index (χ0n) is 27.9. The highest BCUT2D eigenvalue weighted by Gasteiger charge is 2.48. The molecule has 1 aliphatic rings. The maximum Gasteiger partial charge on any atom is 0.514 e. The molecular formula is C39H42O6. The predicted octanol–water partition coefficient (Wildman–Crippen LogP) is 9.91. The summed E-state index contributed by atoms with van der Waals surface area (Å²) in [6.45, 7) is 18.8. The van der Waals surface area contributed by atoms with Gasteiger partial charge in [-0.25, -0.2) is 9.59 Å². The number of benzene rings is 4. The molecule has 0 spiro atoms. The summed E-state index contributed by atoms with van der Waals surface area (Å²) in [5.74, 6) is 0.906. The van der Waals surface area contributed by atoms with Crippen molar-refractivity contribution in [3.8, 4) is 22.6 Å². The highest BCUT2D eigenvalue weighted by molar-refractivity contribution is 5.87. The first kappa shape index (κ1) is 31.8. The molecule has 45 heavy (non-hydrogen) atoms. The molecule has 0 aromatic heterocycles. The molecule has 4 aromatic rings. The van der Waals surface area contributed by atoms with Gasteiger partial charge in [0.2, 0.25) is 0 Å². The summed E-state index contributed by atoms with van der Waals surface area (Å²) in [6.07, 6.45) is -1.48. The van der Waals surface area contributed by atoms with Crippen molar-refractivity contribution < 1.29 is 28.5 Å². The van der Waals surface area contributed by atoms with E-state index in [4.69, 9.17) is 18.9 Å². The van der Waals surface area contributed by atoms with E-state index in [0.29, 0.717) is 11.5 Å². The van der Waals surface area contributed by atoms with E-state index in [1.54, 1.807) is 0 Å². The number of rotatable bonds is 4. The van der Waals surface area contributed by atoms with Gasteiger partial charge in [0, 0.05) is 0 Å². The van der Waals surface area contributed by atoms with E-state index >= 15 is 0 Å². The molecule has 0 amide bonds. The van der Waals surface area contributed by atoms with Crippen LogP contribution in [0.15, 0.2) is 72.8 Å². The van der Waals surface area contributed by atoms with Gasteiger partial charge >= 0.3 is 12.3 Å². The number of hydrogen-bond acceptors (Lipinski definition) is 6. The van der Waals surface area contributed by atoms with Gasteiger partial charge in [-0.1, -0.05) is 60.7 Å². The maximum atomic E-state index is 12.6. The normalized spacial score (nSPS) is 13.5. The molecule has 234 valence electrons. The lowest BCUT2D eigenvalue weighted by Crippen LogP contribution is -2.31. The van der Waals surface area contributed by atoms with Crippen molar-refractivity contribution in [2.24, 2.45) is 0 Å². The molecule has 0 N–H and O–H groups in total. The Morgan fingerprint density at radius 3 is 1.22 bits per heavy atom. The second-order valence-electron chi connectivity index (χ2n) is 13.8. The van der Waals surface area contributed by atoms with Crippen LogP contribution in [0.4, 0.5) is 9.59 Å². The van der Waals surface area contributed by atoms with Crippen LogP contribution in [0.5, 0.6) is 11.5 Å². The molecule has 0 radical (unpaired) electrons. The van der Waals surface area contributed by atoms with Crippen LogP contribution in [0.1, 0.15) is 86.1 Å². The molecule has 0 bridgehead atoms. The van der Waals surface area contributed by atoms with Gasteiger partial charge in [0.25, 0.3) is 0 Å². The third kappa shape index (κ3) is 6.06. The molecule has 6 heteroatoms. The molecule has 0 fully saturated rings. The maximum absolute atomic E-state index is 12.6. The Kier molecular flexibility index (Phi) is 8.07. The smallest absolute Gasteiger partial charge is 0.428 e. The van der Waals surface area contributed by atoms with Crippen molar-refractivity contribution in [1.29, 1.82) is 0 Å². The van der Waals surface area contributed by atoms with E-state index < -0.39 is 28.9 Å². The lowest BCUT2D eigenvalue weighted by molar-refractivity contribution is 0.0191. The average molecular weight is 607 g/mol. The molecule has 5 rings (SSSR count). The third-order valence-electron chi connectivity index (χ3n) is 7.97. The van der Waals surface area contributed by atoms with Crippen molar-refractivity contribution in [3.63, 3.8) is 0 Å². The Morgan fingerprint density at radius 2 is 0.867 bits per heavy atom. The fourth-order valence-corrected chi connectivity index (χ4v) is 6.29. The minimum Gasteiger partial charge on any atom is -0.428 e. The lowest BCUT2D eigenvalue weighted by Gasteiger charge is -2.37. The Balaban J connectivity index is 1.74. The summed E-state index contributed by atoms with van der Waals surface area (Å²) in [4.78, 5) is 25.2. The van der Waals surface area contributed by atoms with Gasteiger partial charge in [-0.15, -0.1) is 0 Å². The molecule has 0 atom stereocenters. The standard InChI is InChI=1S/C39H42O6/c1-23-21-33(42-35(40)44-37(5,6)7)25(3)19-31(23)39(29-17-13-11-15-27(29)28-16-12-14-18-30(28)39)32-20-26(4)34(22-24(32)2)43-36(41)45-38(8,9)10/h11-22H,1-10H3. The van der Waals surface area contributed by atoms with Gasteiger partial charge in [-0.3, -0.25) is 0 Å². The summed E-state index contributed by atoms with van der Waals surface area (Å²) < 4.78 is 22.3. The van der Waals surface area contributed by atoms with Crippen molar-refractivity contribution in [2.75, 3.05) is 0 Å². The van der Waals surface area contributed by atoms with Crippen LogP contribution in [0.25, 0.3) is 11.1 Å². The summed E-state index contributed by atoms with van der Waals surface area (Å²) in [5, 5.41) is 0. The van der Waals surface area contributed by atoms with Crippen LogP contribution in [0, 0.1) is 27.7 Å². The Morgan fingerprint density at radius 1 is 0.511 bits per heavy atom. The number of carbonyl (C=O) groups excluding carboxylic acids is 2. The predicted molar refractivity (Wildman–Crippen MR) is 176 cm³/mol. The average Bonchev–Trinajstić information content (AvgIpc) is 3.21. The van der Waals surface area contributed by atoms with Crippen molar-refractivity contribution in [2.45, 2.75) is 85.9 Å². The van der Waals surface area contributed by atoms with E-state index in [0.717, 1.165) is 55.6 Å². The number of aryl methyl sites for hydroxylation is 4. The van der Waals surface area contributed by atoms with Gasteiger partial charge in [-0.05, 0) is 137 Å². The van der Waals surface area contributed by atoms with Crippen LogP contribution in [-0.2, 0) is 14.9 Å². The number of fused-ring (bicyclic) bond motifs is 3. The van der Waals surface area contributed by atoms with E-state index in [9.17, 15) is 9.59 Å². The molecule has 0 saturated carbocycles. The van der Waals surface area contributed by atoms with Crippen LogP contribution >= 0.6 is 0 Å². The molecule has 6 nitrogen and oxygen atoms in total. The molecule has 0 heterocycles. The summed E-state index contributed by atoms with van der Waals surface area (Å²) in [5.41, 5.74) is 8.23. The fourth-order valence-electron chi connectivity index (χ4n) is 6.29. The van der Waals surface area contributed by atoms with Gasteiger partial charge in [0.05, 0.1) is 5.41 Å². The van der Waals surface area contributed by atoms with Crippen LogP contribution in [0.3, 0.4) is 0 Å². The monoisotopic (exact) mass is 606 g/mol. The zero-order chi connectivity index (χ0) is 32.9. The topological polar surface area (TPSA) is 71.1 Å². The number of ether oxygens (including phenoxy) is 4. The zero-order valence-corrected chi connectivity index (χ0v) is 27.9. The Bertz CT molecular complexity index is 1670. The summed E-state index contributed by atoms with van der Waals surface area (Å²) >= 11 is 0. The molecule has 0 saturated heterocycles.